The number of carbonyl (C=O) groups is 2. The third kappa shape index (κ3) is 6.11. The van der Waals surface area contributed by atoms with E-state index in [9.17, 15) is 9.59 Å². The minimum atomic E-state index is -0.538. The molecule has 6 heteroatoms. The van der Waals surface area contributed by atoms with E-state index in [2.05, 4.69) is 5.32 Å². The molecule has 0 aliphatic carbocycles. The first-order valence-electron chi connectivity index (χ1n) is 5.94. The van der Waals surface area contributed by atoms with Gasteiger partial charge in [0.1, 0.15) is 6.61 Å². The van der Waals surface area contributed by atoms with Crippen molar-refractivity contribution in [1.29, 1.82) is 0 Å². The molecule has 1 atom stereocenters. The standard InChI is InChI=1S/C11H19NO5/c1-2-9(13)15-8-6-12-11(14)17-10-5-3-4-7-16-10/h10H,2-8H2,1H3,(H,12,14). The lowest BCUT2D eigenvalue weighted by Gasteiger charge is -2.22. The normalized spacial score (nSPS) is 19.5. The second kappa shape index (κ2) is 7.89. The summed E-state index contributed by atoms with van der Waals surface area (Å²) in [5.74, 6) is -0.282. The Bertz CT molecular complexity index is 250. The number of amides is 1. The smallest absolute Gasteiger partial charge is 0.409 e. The molecule has 0 aromatic heterocycles. The molecule has 0 bridgehead atoms. The SMILES string of the molecule is CCC(=O)OCCNC(=O)OC1CCCCO1. The lowest BCUT2D eigenvalue weighted by atomic mass is 10.2. The monoisotopic (exact) mass is 245 g/mol. The Labute approximate surface area is 101 Å². The van der Waals surface area contributed by atoms with Crippen LogP contribution < -0.4 is 5.32 Å². The molecule has 1 rings (SSSR count). The third-order valence-corrected chi connectivity index (χ3v) is 2.30. The fourth-order valence-electron chi connectivity index (χ4n) is 1.39. The molecule has 1 fully saturated rings. The third-order valence-electron chi connectivity index (χ3n) is 2.30. The van der Waals surface area contributed by atoms with Crippen molar-refractivity contribution in [2.75, 3.05) is 19.8 Å². The van der Waals surface area contributed by atoms with Crippen LogP contribution in [-0.2, 0) is 19.0 Å². The summed E-state index contributed by atoms with van der Waals surface area (Å²) in [5.41, 5.74) is 0. The van der Waals surface area contributed by atoms with E-state index in [0.717, 1.165) is 19.3 Å². The number of hydrogen-bond acceptors (Lipinski definition) is 5. The topological polar surface area (TPSA) is 73.9 Å². The predicted octanol–water partition coefficient (Wildman–Crippen LogP) is 1.19. The Morgan fingerprint density at radius 2 is 2.24 bits per heavy atom. The van der Waals surface area contributed by atoms with E-state index < -0.39 is 12.4 Å². The number of carbonyl (C=O) groups excluding carboxylic acids is 2. The van der Waals surface area contributed by atoms with Crippen molar-refractivity contribution in [3.63, 3.8) is 0 Å². The molecule has 1 aliphatic heterocycles. The van der Waals surface area contributed by atoms with Crippen LogP contribution in [0.2, 0.25) is 0 Å². The summed E-state index contributed by atoms with van der Waals surface area (Å²) < 4.78 is 15.0. The van der Waals surface area contributed by atoms with Crippen molar-refractivity contribution in [3.05, 3.63) is 0 Å². The second-order valence-corrected chi connectivity index (χ2v) is 3.70. The van der Waals surface area contributed by atoms with Crippen molar-refractivity contribution in [1.82, 2.24) is 5.32 Å². The van der Waals surface area contributed by atoms with Gasteiger partial charge < -0.3 is 19.5 Å². The summed E-state index contributed by atoms with van der Waals surface area (Å²) in [6, 6.07) is 0. The summed E-state index contributed by atoms with van der Waals surface area (Å²) in [7, 11) is 0. The number of esters is 1. The second-order valence-electron chi connectivity index (χ2n) is 3.70. The van der Waals surface area contributed by atoms with Gasteiger partial charge in [-0.1, -0.05) is 6.92 Å². The van der Waals surface area contributed by atoms with Crippen LogP contribution in [0.15, 0.2) is 0 Å². The summed E-state index contributed by atoms with van der Waals surface area (Å²) >= 11 is 0. The molecule has 0 aromatic carbocycles. The van der Waals surface area contributed by atoms with Crippen LogP contribution >= 0.6 is 0 Å². The molecule has 0 aromatic rings. The summed E-state index contributed by atoms with van der Waals surface area (Å²) in [4.78, 5) is 22.1. The molecule has 0 radical (unpaired) electrons. The first kappa shape index (κ1) is 13.8. The Hall–Kier alpha value is -1.30. The van der Waals surface area contributed by atoms with E-state index in [1.165, 1.54) is 0 Å². The Morgan fingerprint density at radius 3 is 2.88 bits per heavy atom. The van der Waals surface area contributed by atoms with Crippen molar-refractivity contribution in [2.45, 2.75) is 38.9 Å². The van der Waals surface area contributed by atoms with E-state index in [1.807, 2.05) is 0 Å². The van der Waals surface area contributed by atoms with E-state index in [0.29, 0.717) is 13.0 Å². The molecule has 1 unspecified atom stereocenters. The average molecular weight is 245 g/mol. The molecule has 1 amide bonds. The minimum Gasteiger partial charge on any atom is -0.464 e. The molecule has 1 aliphatic rings. The van der Waals surface area contributed by atoms with Gasteiger partial charge in [0.2, 0.25) is 6.29 Å². The van der Waals surface area contributed by atoms with Crippen LogP contribution in [-0.4, -0.2) is 38.1 Å². The largest absolute Gasteiger partial charge is 0.464 e. The molecule has 17 heavy (non-hydrogen) atoms. The molecule has 1 N–H and O–H groups in total. The molecule has 0 saturated carbocycles. The number of nitrogens with one attached hydrogen (secondary N) is 1. The fourth-order valence-corrected chi connectivity index (χ4v) is 1.39. The minimum absolute atomic E-state index is 0.160. The number of hydrogen-bond donors (Lipinski definition) is 1. The van der Waals surface area contributed by atoms with Gasteiger partial charge in [-0.3, -0.25) is 4.79 Å². The van der Waals surface area contributed by atoms with Crippen LogP contribution in [0.25, 0.3) is 0 Å². The van der Waals surface area contributed by atoms with E-state index in [1.54, 1.807) is 6.92 Å². The summed E-state index contributed by atoms with van der Waals surface area (Å²) in [6.45, 7) is 2.75. The molecule has 1 saturated heterocycles. The number of rotatable bonds is 5. The van der Waals surface area contributed by atoms with Crippen LogP contribution in [0.3, 0.4) is 0 Å². The highest BCUT2D eigenvalue weighted by Crippen LogP contribution is 2.13. The molecular weight excluding hydrogens is 226 g/mol. The van der Waals surface area contributed by atoms with Gasteiger partial charge in [0.25, 0.3) is 0 Å². The van der Waals surface area contributed by atoms with Crippen molar-refractivity contribution >= 4 is 12.1 Å². The molecule has 0 spiro atoms. The Kier molecular flexibility index (Phi) is 6.39. The van der Waals surface area contributed by atoms with Gasteiger partial charge in [-0.05, 0) is 12.8 Å². The molecular formula is C11H19NO5. The predicted molar refractivity (Wildman–Crippen MR) is 59.3 cm³/mol. The zero-order chi connectivity index (χ0) is 12.5. The van der Waals surface area contributed by atoms with E-state index in [-0.39, 0.29) is 19.1 Å². The van der Waals surface area contributed by atoms with Gasteiger partial charge in [-0.15, -0.1) is 0 Å². The quantitative estimate of drug-likeness (QED) is 0.581. The average Bonchev–Trinajstić information content (AvgIpc) is 2.35. The maximum atomic E-state index is 11.3. The zero-order valence-electron chi connectivity index (χ0n) is 10.1. The fraction of sp³-hybridized carbons (Fsp3) is 0.818. The van der Waals surface area contributed by atoms with Gasteiger partial charge in [0.05, 0.1) is 13.2 Å². The highest BCUT2D eigenvalue weighted by molar-refractivity contribution is 5.69. The van der Waals surface area contributed by atoms with Crippen LogP contribution in [0.5, 0.6) is 0 Å². The maximum absolute atomic E-state index is 11.3. The zero-order valence-corrected chi connectivity index (χ0v) is 10.1. The van der Waals surface area contributed by atoms with Crippen LogP contribution in [0, 0.1) is 0 Å². The van der Waals surface area contributed by atoms with E-state index in [4.69, 9.17) is 14.2 Å². The summed E-state index contributed by atoms with van der Waals surface area (Å²) in [6.07, 6.45) is 2.10. The molecule has 1 heterocycles. The molecule has 6 nitrogen and oxygen atoms in total. The number of alkyl carbamates (subject to hydrolysis) is 1. The first-order valence-corrected chi connectivity index (χ1v) is 5.94. The van der Waals surface area contributed by atoms with Crippen molar-refractivity contribution < 1.29 is 23.8 Å². The Balaban J connectivity index is 2.02. The Morgan fingerprint density at radius 1 is 1.41 bits per heavy atom. The number of ether oxygens (including phenoxy) is 3. The van der Waals surface area contributed by atoms with Gasteiger partial charge in [0, 0.05) is 12.8 Å². The highest BCUT2D eigenvalue weighted by Gasteiger charge is 2.17. The van der Waals surface area contributed by atoms with Gasteiger partial charge in [-0.2, -0.15) is 0 Å². The van der Waals surface area contributed by atoms with Crippen LogP contribution in [0.4, 0.5) is 4.79 Å². The van der Waals surface area contributed by atoms with E-state index >= 15 is 0 Å². The lowest BCUT2D eigenvalue weighted by Crippen LogP contribution is -2.34. The first-order chi connectivity index (χ1) is 8.22. The lowest BCUT2D eigenvalue weighted by molar-refractivity contribution is -0.143. The van der Waals surface area contributed by atoms with Gasteiger partial charge >= 0.3 is 12.1 Å². The summed E-state index contributed by atoms with van der Waals surface area (Å²) in [5, 5.41) is 2.49. The molecule has 98 valence electrons. The van der Waals surface area contributed by atoms with Crippen molar-refractivity contribution in [3.8, 4) is 0 Å². The maximum Gasteiger partial charge on any atom is 0.409 e. The van der Waals surface area contributed by atoms with Gasteiger partial charge in [0.15, 0.2) is 0 Å². The van der Waals surface area contributed by atoms with Crippen molar-refractivity contribution in [2.24, 2.45) is 0 Å². The highest BCUT2D eigenvalue weighted by atomic mass is 16.7. The van der Waals surface area contributed by atoms with Crippen LogP contribution in [0.1, 0.15) is 32.6 Å². The van der Waals surface area contributed by atoms with Gasteiger partial charge in [-0.25, -0.2) is 4.79 Å².